The van der Waals surface area contributed by atoms with Gasteiger partial charge in [-0.25, -0.2) is 8.78 Å². The third-order valence-electron chi connectivity index (χ3n) is 9.35. The van der Waals surface area contributed by atoms with Crippen molar-refractivity contribution in [3.8, 4) is 44.5 Å². The van der Waals surface area contributed by atoms with Crippen LogP contribution in [-0.2, 0) is 12.8 Å². The van der Waals surface area contributed by atoms with E-state index in [0.29, 0.717) is 0 Å². The van der Waals surface area contributed by atoms with Crippen molar-refractivity contribution in [1.29, 1.82) is 0 Å². The Labute approximate surface area is 272 Å². The fourth-order valence-corrected chi connectivity index (χ4v) is 6.80. The zero-order chi connectivity index (χ0) is 32.4. The molecule has 0 aliphatic rings. The molecular weight excluding hydrogens is 566 g/mol. The van der Waals surface area contributed by atoms with Crippen LogP contribution in [0.3, 0.4) is 0 Å². The summed E-state index contributed by atoms with van der Waals surface area (Å²) < 4.78 is 27.1. The molecule has 0 fully saturated rings. The van der Waals surface area contributed by atoms with Gasteiger partial charge in [-0.15, -0.1) is 0 Å². The highest BCUT2D eigenvalue weighted by molar-refractivity contribution is 5.78. The van der Waals surface area contributed by atoms with Crippen molar-refractivity contribution in [3.63, 3.8) is 0 Å². The third kappa shape index (κ3) is 6.30. The Balaban J connectivity index is 1.22. The van der Waals surface area contributed by atoms with Gasteiger partial charge in [0.2, 0.25) is 0 Å². The molecule has 0 spiro atoms. The van der Waals surface area contributed by atoms with Crippen molar-refractivity contribution in [2.45, 2.75) is 53.4 Å². The Hall–Kier alpha value is -4.82. The molecule has 0 heterocycles. The molecular formula is C44H40F2. The SMILES string of the molecule is CCc1cc(-c2ccc(C(C)c3ccc(-c4cc(C)c(-c5ccc(F)cc5)c(C)c4)cc3)cc2)cc(CC)c1-c1ccc(F)cc1. The number of halogens is 2. The van der Waals surface area contributed by atoms with Gasteiger partial charge in [0, 0.05) is 5.92 Å². The maximum atomic E-state index is 13.6. The molecule has 0 saturated carbocycles. The standard InChI is InChI=1S/C44H40F2/c1-6-31-26-40(27-32(7-2)44(31)38-18-22-42(46)23-19-38)36-14-10-34(11-15-36)30(5)33-8-12-35(13-9-33)39-24-28(3)43(29(4)25-39)37-16-20-41(45)21-17-37/h8-27,30H,6-7H2,1-5H3. The second-order valence-corrected chi connectivity index (χ2v) is 12.3. The molecule has 230 valence electrons. The first-order valence-corrected chi connectivity index (χ1v) is 16.2. The number of benzene rings is 6. The van der Waals surface area contributed by atoms with Gasteiger partial charge in [0.25, 0.3) is 0 Å². The van der Waals surface area contributed by atoms with Gasteiger partial charge in [0.1, 0.15) is 11.6 Å². The normalized spacial score (nSPS) is 11.9. The molecule has 0 amide bonds. The molecule has 2 heteroatoms. The summed E-state index contributed by atoms with van der Waals surface area (Å²) in [5.74, 6) is -0.168. The largest absolute Gasteiger partial charge is 0.207 e. The second kappa shape index (κ2) is 13.3. The Morgan fingerprint density at radius 1 is 0.435 bits per heavy atom. The number of aryl methyl sites for hydroxylation is 4. The summed E-state index contributed by atoms with van der Waals surface area (Å²) in [6, 6.07) is 40.5. The minimum absolute atomic E-state index is 0.207. The average molecular weight is 607 g/mol. The van der Waals surface area contributed by atoms with E-state index in [-0.39, 0.29) is 17.6 Å². The van der Waals surface area contributed by atoms with E-state index in [1.165, 1.54) is 73.3 Å². The van der Waals surface area contributed by atoms with Crippen LogP contribution in [0.15, 0.2) is 121 Å². The molecule has 0 saturated heterocycles. The molecule has 1 unspecified atom stereocenters. The van der Waals surface area contributed by atoms with E-state index in [9.17, 15) is 8.78 Å². The minimum atomic E-state index is -0.216. The van der Waals surface area contributed by atoms with E-state index >= 15 is 0 Å². The summed E-state index contributed by atoms with van der Waals surface area (Å²) in [7, 11) is 0. The van der Waals surface area contributed by atoms with Crippen molar-refractivity contribution in [2.75, 3.05) is 0 Å². The van der Waals surface area contributed by atoms with Crippen molar-refractivity contribution < 1.29 is 8.78 Å². The first-order chi connectivity index (χ1) is 22.2. The van der Waals surface area contributed by atoms with Crippen LogP contribution in [0.2, 0.25) is 0 Å². The first-order valence-electron chi connectivity index (χ1n) is 16.2. The van der Waals surface area contributed by atoms with E-state index in [0.717, 1.165) is 29.5 Å². The summed E-state index contributed by atoms with van der Waals surface area (Å²) in [5, 5.41) is 0. The van der Waals surface area contributed by atoms with E-state index in [4.69, 9.17) is 0 Å². The summed E-state index contributed by atoms with van der Waals surface area (Å²) in [6.45, 7) is 10.9. The highest BCUT2D eigenvalue weighted by atomic mass is 19.1. The van der Waals surface area contributed by atoms with Gasteiger partial charge < -0.3 is 0 Å². The molecule has 0 aliphatic carbocycles. The summed E-state index contributed by atoms with van der Waals surface area (Å²) in [5.41, 5.74) is 16.8. The monoisotopic (exact) mass is 606 g/mol. The summed E-state index contributed by atoms with van der Waals surface area (Å²) in [4.78, 5) is 0. The maximum Gasteiger partial charge on any atom is 0.123 e. The fraction of sp³-hybridized carbons (Fsp3) is 0.182. The first kappa shape index (κ1) is 31.2. The predicted molar refractivity (Wildman–Crippen MR) is 190 cm³/mol. The summed E-state index contributed by atoms with van der Waals surface area (Å²) >= 11 is 0. The van der Waals surface area contributed by atoms with Gasteiger partial charge >= 0.3 is 0 Å². The Bertz CT molecular complexity index is 1920. The highest BCUT2D eigenvalue weighted by Crippen LogP contribution is 2.36. The van der Waals surface area contributed by atoms with Crippen molar-refractivity contribution in [1.82, 2.24) is 0 Å². The molecule has 0 aliphatic heterocycles. The van der Waals surface area contributed by atoms with Gasteiger partial charge in [-0.2, -0.15) is 0 Å². The van der Waals surface area contributed by atoms with Crippen LogP contribution >= 0.6 is 0 Å². The third-order valence-corrected chi connectivity index (χ3v) is 9.35. The van der Waals surface area contributed by atoms with Gasteiger partial charge in [0.15, 0.2) is 0 Å². The lowest BCUT2D eigenvalue weighted by Gasteiger charge is -2.18. The molecule has 6 aromatic carbocycles. The van der Waals surface area contributed by atoms with E-state index in [2.05, 4.69) is 107 Å². The molecule has 0 bridgehead atoms. The van der Waals surface area contributed by atoms with Crippen LogP contribution in [-0.4, -0.2) is 0 Å². The molecule has 6 rings (SSSR count). The molecule has 1 atom stereocenters. The fourth-order valence-electron chi connectivity index (χ4n) is 6.80. The highest BCUT2D eigenvalue weighted by Gasteiger charge is 2.15. The topological polar surface area (TPSA) is 0 Å². The van der Waals surface area contributed by atoms with Crippen molar-refractivity contribution >= 4 is 0 Å². The van der Waals surface area contributed by atoms with Crippen LogP contribution in [0.4, 0.5) is 8.78 Å². The zero-order valence-corrected chi connectivity index (χ0v) is 27.3. The quantitative estimate of drug-likeness (QED) is 0.162. The van der Waals surface area contributed by atoms with Crippen LogP contribution < -0.4 is 0 Å². The lowest BCUT2D eigenvalue weighted by atomic mass is 9.87. The summed E-state index contributed by atoms with van der Waals surface area (Å²) in [6.07, 6.45) is 1.83. The van der Waals surface area contributed by atoms with Gasteiger partial charge in [-0.05, 0) is 129 Å². The van der Waals surface area contributed by atoms with E-state index in [1.54, 1.807) is 12.1 Å². The Kier molecular flexibility index (Phi) is 8.99. The smallest absolute Gasteiger partial charge is 0.123 e. The molecule has 46 heavy (non-hydrogen) atoms. The Morgan fingerprint density at radius 3 is 1.17 bits per heavy atom. The second-order valence-electron chi connectivity index (χ2n) is 12.3. The molecule has 0 aromatic heterocycles. The van der Waals surface area contributed by atoms with Gasteiger partial charge in [0.05, 0.1) is 0 Å². The van der Waals surface area contributed by atoms with Crippen LogP contribution in [0.5, 0.6) is 0 Å². The van der Waals surface area contributed by atoms with Crippen molar-refractivity contribution in [2.24, 2.45) is 0 Å². The van der Waals surface area contributed by atoms with Crippen LogP contribution in [0, 0.1) is 25.5 Å². The number of hydrogen-bond acceptors (Lipinski definition) is 0. The van der Waals surface area contributed by atoms with E-state index < -0.39 is 0 Å². The molecule has 0 nitrogen and oxygen atoms in total. The van der Waals surface area contributed by atoms with E-state index in [1.807, 2.05) is 24.3 Å². The zero-order valence-electron chi connectivity index (χ0n) is 27.3. The molecule has 0 N–H and O–H groups in total. The van der Waals surface area contributed by atoms with Gasteiger partial charge in [-0.1, -0.05) is 118 Å². The van der Waals surface area contributed by atoms with Crippen LogP contribution in [0.1, 0.15) is 60.1 Å². The molecule has 6 aromatic rings. The lowest BCUT2D eigenvalue weighted by Crippen LogP contribution is -1.98. The predicted octanol–water partition coefficient (Wildman–Crippen LogP) is 12.5. The van der Waals surface area contributed by atoms with Crippen molar-refractivity contribution in [3.05, 3.63) is 166 Å². The lowest BCUT2D eigenvalue weighted by molar-refractivity contribution is 0.627. The van der Waals surface area contributed by atoms with Gasteiger partial charge in [-0.3, -0.25) is 0 Å². The van der Waals surface area contributed by atoms with Crippen LogP contribution in [0.25, 0.3) is 44.5 Å². The maximum absolute atomic E-state index is 13.6. The molecule has 0 radical (unpaired) electrons. The number of rotatable bonds is 8. The Morgan fingerprint density at radius 2 is 0.783 bits per heavy atom. The average Bonchev–Trinajstić information content (AvgIpc) is 3.08. The minimum Gasteiger partial charge on any atom is -0.207 e. The number of hydrogen-bond donors (Lipinski definition) is 0.